The SMILES string of the molecule is O=C1C2N(CCCCCO)C(=O)[C@@H]3[C@H]4C(=O)N(c5ccccc5)CC=C[C@H]4O[C@]23C=CCN1Cc1ccccc1. The number of hydrogen-bond donors (Lipinski definition) is 1. The molecule has 4 aliphatic heterocycles. The van der Waals surface area contributed by atoms with E-state index in [0.29, 0.717) is 39.0 Å². The minimum absolute atomic E-state index is 0.0828. The highest BCUT2D eigenvalue weighted by atomic mass is 16.5. The number of carbonyl (C=O) groups is 3. The number of carbonyl (C=O) groups excluding carboxylic acids is 3. The van der Waals surface area contributed by atoms with E-state index in [1.54, 1.807) is 14.7 Å². The molecule has 0 saturated carbocycles. The number of aliphatic hydroxyl groups is 1. The zero-order valence-electron chi connectivity index (χ0n) is 22.5. The van der Waals surface area contributed by atoms with E-state index in [1.165, 1.54) is 0 Å². The van der Waals surface area contributed by atoms with Crippen LogP contribution >= 0.6 is 0 Å². The average Bonchev–Trinajstić information content (AvgIpc) is 3.29. The molecule has 0 bridgehead atoms. The first-order valence-electron chi connectivity index (χ1n) is 14.2. The number of ether oxygens (including phenoxy) is 1. The average molecular weight is 542 g/mol. The molecular formula is C32H35N3O5. The zero-order valence-corrected chi connectivity index (χ0v) is 22.5. The smallest absolute Gasteiger partial charge is 0.249 e. The highest BCUT2D eigenvalue weighted by Gasteiger charge is 2.71. The van der Waals surface area contributed by atoms with E-state index in [2.05, 4.69) is 0 Å². The molecule has 6 rings (SSSR count). The van der Waals surface area contributed by atoms with E-state index in [9.17, 15) is 19.5 Å². The van der Waals surface area contributed by atoms with Crippen molar-refractivity contribution in [2.24, 2.45) is 11.8 Å². The number of amides is 3. The van der Waals surface area contributed by atoms with Crippen LogP contribution in [0, 0.1) is 11.8 Å². The van der Waals surface area contributed by atoms with Crippen LogP contribution in [0.4, 0.5) is 5.69 Å². The van der Waals surface area contributed by atoms with Gasteiger partial charge in [0.1, 0.15) is 11.6 Å². The van der Waals surface area contributed by atoms with Crippen molar-refractivity contribution in [1.82, 2.24) is 9.80 Å². The maximum Gasteiger partial charge on any atom is 0.249 e. The molecule has 4 aliphatic rings. The summed E-state index contributed by atoms with van der Waals surface area (Å²) in [7, 11) is 0. The van der Waals surface area contributed by atoms with Gasteiger partial charge in [-0.1, -0.05) is 72.8 Å². The van der Waals surface area contributed by atoms with Crippen molar-refractivity contribution in [2.45, 2.75) is 43.6 Å². The Balaban J connectivity index is 1.37. The molecule has 2 aromatic rings. The summed E-state index contributed by atoms with van der Waals surface area (Å²) in [5, 5.41) is 9.27. The highest BCUT2D eigenvalue weighted by molar-refractivity contribution is 6.03. The summed E-state index contributed by atoms with van der Waals surface area (Å²) in [6.45, 7) is 1.65. The number of fused-ring (bicyclic) bond motifs is 2. The van der Waals surface area contributed by atoms with Crippen LogP contribution < -0.4 is 4.90 Å². The van der Waals surface area contributed by atoms with Gasteiger partial charge in [0, 0.05) is 38.5 Å². The monoisotopic (exact) mass is 541 g/mol. The molecule has 8 heteroatoms. The Labute approximate surface area is 234 Å². The second-order valence-corrected chi connectivity index (χ2v) is 11.0. The topological polar surface area (TPSA) is 90.4 Å². The summed E-state index contributed by atoms with van der Waals surface area (Å²) >= 11 is 0. The van der Waals surface area contributed by atoms with Gasteiger partial charge in [-0.3, -0.25) is 14.4 Å². The molecule has 1 N–H and O–H groups in total. The van der Waals surface area contributed by atoms with Gasteiger partial charge in [-0.05, 0) is 37.0 Å². The predicted octanol–water partition coefficient (Wildman–Crippen LogP) is 2.93. The third-order valence-corrected chi connectivity index (χ3v) is 8.58. The van der Waals surface area contributed by atoms with Crippen LogP contribution in [0.2, 0.25) is 0 Å². The highest BCUT2D eigenvalue weighted by Crippen LogP contribution is 2.53. The van der Waals surface area contributed by atoms with Crippen molar-refractivity contribution in [3.63, 3.8) is 0 Å². The molecule has 0 aromatic heterocycles. The Bertz CT molecular complexity index is 1310. The molecule has 5 atom stereocenters. The van der Waals surface area contributed by atoms with E-state index in [0.717, 1.165) is 17.7 Å². The molecule has 8 nitrogen and oxygen atoms in total. The molecule has 4 heterocycles. The molecule has 1 unspecified atom stereocenters. The summed E-state index contributed by atoms with van der Waals surface area (Å²) < 4.78 is 6.72. The number of hydrogen-bond acceptors (Lipinski definition) is 5. The fourth-order valence-electron chi connectivity index (χ4n) is 6.78. The second kappa shape index (κ2) is 11.0. The van der Waals surface area contributed by atoms with Gasteiger partial charge < -0.3 is 24.5 Å². The van der Waals surface area contributed by atoms with E-state index < -0.39 is 29.6 Å². The van der Waals surface area contributed by atoms with E-state index in [-0.39, 0.29) is 24.3 Å². The van der Waals surface area contributed by atoms with Crippen molar-refractivity contribution in [1.29, 1.82) is 0 Å². The lowest BCUT2D eigenvalue weighted by atomic mass is 9.77. The third kappa shape index (κ3) is 4.45. The zero-order chi connectivity index (χ0) is 27.7. The Morgan fingerprint density at radius 1 is 0.850 bits per heavy atom. The van der Waals surface area contributed by atoms with E-state index in [4.69, 9.17) is 4.74 Å². The van der Waals surface area contributed by atoms with E-state index in [1.807, 2.05) is 85.0 Å². The lowest BCUT2D eigenvalue weighted by Crippen LogP contribution is -2.55. The molecule has 0 aliphatic carbocycles. The van der Waals surface area contributed by atoms with Gasteiger partial charge in [0.05, 0.1) is 17.9 Å². The first kappa shape index (κ1) is 26.5. The van der Waals surface area contributed by atoms with Crippen molar-refractivity contribution in [2.75, 3.05) is 31.1 Å². The standard InChI is InChI=1S/C32H35N3O5/c36-21-9-3-8-19-35-28-31(39)33(22-23-12-4-1-5-13-23)18-11-17-32(28)27(30(35)38)26-25(40-32)16-10-20-34(29(26)37)24-14-6-2-7-15-24/h1-2,4-7,10-17,25-28,36H,3,8-9,18-22H2/t25-,26+,27+,28?,32+/m1/s1. The number of para-hydroxylation sites is 1. The lowest BCUT2D eigenvalue weighted by Gasteiger charge is -2.35. The number of nitrogens with zero attached hydrogens (tertiary/aromatic N) is 3. The summed E-state index contributed by atoms with van der Waals surface area (Å²) in [6.07, 6.45) is 9.03. The van der Waals surface area contributed by atoms with Gasteiger partial charge in [-0.25, -0.2) is 0 Å². The summed E-state index contributed by atoms with van der Waals surface area (Å²) in [6, 6.07) is 18.4. The normalized spacial score (nSPS) is 29.3. The van der Waals surface area contributed by atoms with Crippen molar-refractivity contribution < 1.29 is 24.2 Å². The van der Waals surface area contributed by atoms with Gasteiger partial charge in [0.2, 0.25) is 17.7 Å². The largest absolute Gasteiger partial charge is 0.396 e. The second-order valence-electron chi connectivity index (χ2n) is 11.0. The Hall–Kier alpha value is -3.75. The van der Waals surface area contributed by atoms with Crippen molar-refractivity contribution in [3.8, 4) is 0 Å². The molecule has 2 fully saturated rings. The molecule has 2 saturated heterocycles. The fraction of sp³-hybridized carbons (Fsp3) is 0.406. The summed E-state index contributed by atoms with van der Waals surface area (Å²) in [5.74, 6) is -2.09. The number of benzene rings is 2. The van der Waals surface area contributed by atoms with Gasteiger partial charge >= 0.3 is 0 Å². The number of rotatable bonds is 8. The van der Waals surface area contributed by atoms with Gasteiger partial charge in [-0.15, -0.1) is 0 Å². The summed E-state index contributed by atoms with van der Waals surface area (Å²) in [4.78, 5) is 47.9. The van der Waals surface area contributed by atoms with Crippen LogP contribution in [0.1, 0.15) is 24.8 Å². The molecule has 3 amide bonds. The van der Waals surface area contributed by atoms with Crippen molar-refractivity contribution in [3.05, 3.63) is 90.5 Å². The molecule has 0 radical (unpaired) electrons. The maximum atomic E-state index is 14.3. The molecule has 2 aromatic carbocycles. The maximum absolute atomic E-state index is 14.3. The Morgan fingerprint density at radius 3 is 2.35 bits per heavy atom. The van der Waals surface area contributed by atoms with Crippen LogP contribution in [-0.2, 0) is 25.7 Å². The van der Waals surface area contributed by atoms with Gasteiger partial charge in [0.15, 0.2) is 0 Å². The summed E-state index contributed by atoms with van der Waals surface area (Å²) in [5.41, 5.74) is 0.541. The number of anilines is 1. The number of aliphatic hydroxyl groups excluding tert-OH is 1. The minimum Gasteiger partial charge on any atom is -0.396 e. The van der Waals surface area contributed by atoms with Crippen molar-refractivity contribution >= 4 is 23.4 Å². The van der Waals surface area contributed by atoms with Crippen LogP contribution in [0.5, 0.6) is 0 Å². The van der Waals surface area contributed by atoms with Crippen LogP contribution in [0.15, 0.2) is 85.0 Å². The van der Waals surface area contributed by atoms with Crippen LogP contribution in [-0.4, -0.2) is 76.6 Å². The predicted molar refractivity (Wildman–Crippen MR) is 150 cm³/mol. The van der Waals surface area contributed by atoms with Crippen LogP contribution in [0.25, 0.3) is 0 Å². The molecule has 1 spiro atoms. The number of unbranched alkanes of at least 4 members (excludes halogenated alkanes) is 2. The Kier molecular flexibility index (Phi) is 7.29. The fourth-order valence-corrected chi connectivity index (χ4v) is 6.78. The van der Waals surface area contributed by atoms with E-state index >= 15 is 0 Å². The van der Waals surface area contributed by atoms with Crippen LogP contribution in [0.3, 0.4) is 0 Å². The third-order valence-electron chi connectivity index (χ3n) is 8.58. The van der Waals surface area contributed by atoms with Gasteiger partial charge in [-0.2, -0.15) is 0 Å². The van der Waals surface area contributed by atoms with Gasteiger partial charge in [0.25, 0.3) is 0 Å². The Morgan fingerprint density at radius 2 is 1.60 bits per heavy atom. The quantitative estimate of drug-likeness (QED) is 0.410. The molecule has 40 heavy (non-hydrogen) atoms. The molecular weight excluding hydrogens is 506 g/mol. The minimum atomic E-state index is -1.23. The molecule has 208 valence electrons. The first-order chi connectivity index (χ1) is 19.5. The number of likely N-dealkylation sites (tertiary alicyclic amines) is 1. The lowest BCUT2D eigenvalue weighted by molar-refractivity contribution is -0.147. The first-order valence-corrected chi connectivity index (χ1v) is 14.2.